The molecule has 1 saturated heterocycles. The second kappa shape index (κ2) is 7.31. The van der Waals surface area contributed by atoms with Gasteiger partial charge in [0.1, 0.15) is 17.7 Å². The van der Waals surface area contributed by atoms with Gasteiger partial charge in [-0.3, -0.25) is 29.5 Å². The molecule has 3 rings (SSSR count). The van der Waals surface area contributed by atoms with Crippen molar-refractivity contribution >= 4 is 29.6 Å². The third kappa shape index (κ3) is 3.85. The van der Waals surface area contributed by atoms with E-state index in [0.717, 1.165) is 9.91 Å². The summed E-state index contributed by atoms with van der Waals surface area (Å²) in [4.78, 5) is 64.2. The van der Waals surface area contributed by atoms with Gasteiger partial charge in [-0.05, 0) is 46.2 Å². The van der Waals surface area contributed by atoms with Gasteiger partial charge in [-0.25, -0.2) is 9.80 Å². The highest BCUT2D eigenvalue weighted by Gasteiger charge is 2.47. The van der Waals surface area contributed by atoms with Gasteiger partial charge in [-0.1, -0.05) is 12.1 Å². The lowest BCUT2D eigenvalue weighted by molar-refractivity contribution is -0.167. The Morgan fingerprint density at radius 1 is 1.10 bits per heavy atom. The van der Waals surface area contributed by atoms with E-state index in [1.165, 1.54) is 19.1 Å². The number of hydrogen-bond donors (Lipinski definition) is 1. The molecule has 0 aliphatic carbocycles. The molecule has 2 aliphatic rings. The Labute approximate surface area is 167 Å². The van der Waals surface area contributed by atoms with E-state index in [0.29, 0.717) is 0 Å². The molecule has 2 heterocycles. The number of hydrogen-bond acceptors (Lipinski definition) is 6. The van der Waals surface area contributed by atoms with E-state index in [1.54, 1.807) is 32.9 Å². The van der Waals surface area contributed by atoms with Gasteiger partial charge in [-0.15, -0.1) is 0 Å². The Hall–Kier alpha value is -3.23. The Morgan fingerprint density at radius 3 is 2.17 bits per heavy atom. The molecule has 9 heteroatoms. The molecule has 9 nitrogen and oxygen atoms in total. The van der Waals surface area contributed by atoms with E-state index < -0.39 is 47.3 Å². The summed E-state index contributed by atoms with van der Waals surface area (Å²) in [5, 5.41) is 0.859. The van der Waals surface area contributed by atoms with E-state index >= 15 is 0 Å². The number of carbonyl (C=O) groups excluding carboxylic acids is 5. The molecule has 0 radical (unpaired) electrons. The first-order valence-electron chi connectivity index (χ1n) is 9.33. The first kappa shape index (κ1) is 20.5. The van der Waals surface area contributed by atoms with Crippen molar-refractivity contribution in [2.24, 2.45) is 0 Å². The maximum absolute atomic E-state index is 13.2. The summed E-state index contributed by atoms with van der Waals surface area (Å²) in [6.07, 6.45) is -0.116. The SMILES string of the molecule is CC(C(=O)OC(C)(C)C)N1NC(=O)CCC(N2C(=O)c3ccccc3C2=O)C1=O. The van der Waals surface area contributed by atoms with Crippen LogP contribution < -0.4 is 5.43 Å². The third-order valence-corrected chi connectivity index (χ3v) is 4.68. The van der Waals surface area contributed by atoms with Crippen LogP contribution in [0, 0.1) is 0 Å². The van der Waals surface area contributed by atoms with Crippen molar-refractivity contribution in [3.63, 3.8) is 0 Å². The third-order valence-electron chi connectivity index (χ3n) is 4.68. The first-order valence-corrected chi connectivity index (χ1v) is 9.33. The van der Waals surface area contributed by atoms with Crippen LogP contribution in [-0.4, -0.2) is 57.2 Å². The summed E-state index contributed by atoms with van der Waals surface area (Å²) in [5.41, 5.74) is 2.03. The minimum atomic E-state index is -1.20. The van der Waals surface area contributed by atoms with Crippen molar-refractivity contribution < 1.29 is 28.7 Å². The molecular formula is C20H23N3O6. The fourth-order valence-electron chi connectivity index (χ4n) is 3.31. The summed E-state index contributed by atoms with van der Waals surface area (Å²) >= 11 is 0. The van der Waals surface area contributed by atoms with E-state index in [1.807, 2.05) is 0 Å². The number of nitrogens with zero attached hydrogens (tertiary/aromatic N) is 2. The zero-order valence-electron chi connectivity index (χ0n) is 16.7. The number of benzene rings is 1. The van der Waals surface area contributed by atoms with Crippen LogP contribution in [0.5, 0.6) is 0 Å². The van der Waals surface area contributed by atoms with Crippen molar-refractivity contribution in [2.75, 3.05) is 0 Å². The van der Waals surface area contributed by atoms with Crippen molar-refractivity contribution in [1.82, 2.24) is 15.3 Å². The zero-order chi connectivity index (χ0) is 21.5. The summed E-state index contributed by atoms with van der Waals surface area (Å²) in [6.45, 7) is 6.46. The van der Waals surface area contributed by atoms with Gasteiger partial charge in [-0.2, -0.15) is 0 Å². The number of nitrogens with one attached hydrogen (secondary N) is 1. The number of rotatable bonds is 3. The standard InChI is InChI=1S/C20H23N3O6/c1-11(19(28)29-20(2,3)4)23-18(27)14(9-10-15(24)21-23)22-16(25)12-7-5-6-8-13(12)17(22)26/h5-8,11,14H,9-10H2,1-4H3,(H,21,24). The van der Waals surface area contributed by atoms with Crippen LogP contribution >= 0.6 is 0 Å². The largest absolute Gasteiger partial charge is 0.458 e. The predicted octanol–water partition coefficient (Wildman–Crippen LogP) is 1.03. The fourth-order valence-corrected chi connectivity index (χ4v) is 3.31. The summed E-state index contributed by atoms with van der Waals surface area (Å²) < 4.78 is 5.30. The van der Waals surface area contributed by atoms with Gasteiger partial charge in [0.25, 0.3) is 17.7 Å². The second-order valence-corrected chi connectivity index (χ2v) is 8.03. The molecule has 1 fully saturated rings. The van der Waals surface area contributed by atoms with E-state index in [2.05, 4.69) is 5.43 Å². The first-order chi connectivity index (χ1) is 13.5. The smallest absolute Gasteiger partial charge is 0.331 e. The molecule has 29 heavy (non-hydrogen) atoms. The topological polar surface area (TPSA) is 113 Å². The maximum Gasteiger partial charge on any atom is 0.331 e. The summed E-state index contributed by atoms with van der Waals surface area (Å²) in [7, 11) is 0. The quantitative estimate of drug-likeness (QED) is 0.598. The molecule has 0 bridgehead atoms. The van der Waals surface area contributed by atoms with Crippen LogP contribution in [-0.2, 0) is 19.1 Å². The van der Waals surface area contributed by atoms with Crippen molar-refractivity contribution in [1.29, 1.82) is 0 Å². The number of imide groups is 1. The molecular weight excluding hydrogens is 378 g/mol. The molecule has 0 aromatic heterocycles. The number of amides is 4. The van der Waals surface area contributed by atoms with Gasteiger partial charge < -0.3 is 4.74 Å². The minimum absolute atomic E-state index is 0.0341. The highest BCUT2D eigenvalue weighted by molar-refractivity contribution is 6.23. The Bertz CT molecular complexity index is 869. The highest BCUT2D eigenvalue weighted by atomic mass is 16.6. The Kier molecular flexibility index (Phi) is 5.16. The lowest BCUT2D eigenvalue weighted by Crippen LogP contribution is -2.58. The fraction of sp³-hybridized carbons (Fsp3) is 0.450. The lowest BCUT2D eigenvalue weighted by atomic mass is 10.1. The van der Waals surface area contributed by atoms with Crippen LogP contribution in [0.3, 0.4) is 0 Å². The number of hydrazine groups is 1. The lowest BCUT2D eigenvalue weighted by Gasteiger charge is -2.32. The predicted molar refractivity (Wildman–Crippen MR) is 100 cm³/mol. The van der Waals surface area contributed by atoms with Crippen LogP contribution in [0.2, 0.25) is 0 Å². The molecule has 1 aromatic rings. The van der Waals surface area contributed by atoms with Crippen molar-refractivity contribution in [3.05, 3.63) is 35.4 Å². The monoisotopic (exact) mass is 401 g/mol. The molecule has 154 valence electrons. The molecule has 2 aliphatic heterocycles. The normalized spacial score (nSPS) is 20.9. The van der Waals surface area contributed by atoms with Crippen molar-refractivity contribution in [3.8, 4) is 0 Å². The van der Waals surface area contributed by atoms with Crippen LogP contribution in [0.1, 0.15) is 61.3 Å². The van der Waals surface area contributed by atoms with Gasteiger partial charge in [0.2, 0.25) is 5.91 Å². The van der Waals surface area contributed by atoms with E-state index in [9.17, 15) is 24.0 Å². The molecule has 2 atom stereocenters. The second-order valence-electron chi connectivity index (χ2n) is 8.03. The average molecular weight is 401 g/mol. The molecule has 0 saturated carbocycles. The van der Waals surface area contributed by atoms with Gasteiger partial charge in [0.15, 0.2) is 0 Å². The van der Waals surface area contributed by atoms with Crippen LogP contribution in [0.15, 0.2) is 24.3 Å². The molecule has 0 spiro atoms. The maximum atomic E-state index is 13.2. The van der Waals surface area contributed by atoms with Gasteiger partial charge in [0.05, 0.1) is 11.1 Å². The molecule has 1 aromatic carbocycles. The summed E-state index contributed by atoms with van der Waals surface area (Å²) in [6, 6.07) is 3.95. The Balaban J connectivity index is 1.90. The Morgan fingerprint density at radius 2 is 1.66 bits per heavy atom. The minimum Gasteiger partial charge on any atom is -0.458 e. The number of carbonyl (C=O) groups is 5. The van der Waals surface area contributed by atoms with Gasteiger partial charge >= 0.3 is 5.97 Å². The van der Waals surface area contributed by atoms with Gasteiger partial charge in [0, 0.05) is 6.42 Å². The van der Waals surface area contributed by atoms with Crippen LogP contribution in [0.25, 0.3) is 0 Å². The summed E-state index contributed by atoms with van der Waals surface area (Å²) in [5.74, 6) is -3.11. The van der Waals surface area contributed by atoms with Crippen molar-refractivity contribution in [2.45, 2.75) is 58.2 Å². The number of ether oxygens (including phenoxy) is 1. The molecule has 2 unspecified atom stereocenters. The number of fused-ring (bicyclic) bond motifs is 1. The zero-order valence-corrected chi connectivity index (χ0v) is 16.7. The van der Waals surface area contributed by atoms with E-state index in [4.69, 9.17) is 4.74 Å². The average Bonchev–Trinajstić information content (AvgIpc) is 2.79. The number of esters is 1. The van der Waals surface area contributed by atoms with E-state index in [-0.39, 0.29) is 24.0 Å². The molecule has 4 amide bonds. The highest BCUT2D eigenvalue weighted by Crippen LogP contribution is 2.28. The molecule has 1 N–H and O–H groups in total. The van der Waals surface area contributed by atoms with Crippen LogP contribution in [0.4, 0.5) is 0 Å².